The molecule has 20 nitrogen and oxygen atoms in total. The molecule has 0 saturated carbocycles. The van der Waals surface area contributed by atoms with E-state index in [0.29, 0.717) is 64.9 Å². The molecule has 1 aliphatic heterocycles. The maximum absolute atomic E-state index is 12.8. The van der Waals surface area contributed by atoms with Gasteiger partial charge in [-0.2, -0.15) is 0 Å². The molecule has 0 radical (unpaired) electrons. The van der Waals surface area contributed by atoms with Crippen LogP contribution in [0.3, 0.4) is 0 Å². The van der Waals surface area contributed by atoms with Crippen LogP contribution in [-0.4, -0.2) is 218 Å². The molecule has 1 heterocycles. The van der Waals surface area contributed by atoms with Crippen molar-refractivity contribution in [2.45, 2.75) is 51.0 Å². The standard InChI is InChI=1S/C34H61N7O13/c1-37-12-13-38(2)15-17-40(24-31(46)47)19-18-39(16-14-37)23-27(42)7-6-20-53-21-22-54-26-29(43)41(25-32(48)49)11-5-3-4-10-35-34(52)36-28(33(50)51)8-9-30(44)45/h28H,3-26H2,1-2H3,(H,44,45)(H,46,47)(H,48,49)(H,50,51)(H2,35,36,52)/t28-/m0/s1. The number of ketones is 1. The Labute approximate surface area is 316 Å². The Morgan fingerprint density at radius 3 is 1.85 bits per heavy atom. The maximum atomic E-state index is 12.8. The lowest BCUT2D eigenvalue weighted by Gasteiger charge is -2.31. The topological polar surface area (TPSA) is 259 Å². The molecule has 1 atom stereocenters. The number of nitrogens with one attached hydrogen (secondary N) is 2. The molecule has 1 rings (SSSR count). The number of carboxylic acids is 4. The highest BCUT2D eigenvalue weighted by Crippen LogP contribution is 2.03. The summed E-state index contributed by atoms with van der Waals surface area (Å²) < 4.78 is 10.9. The monoisotopic (exact) mass is 775 g/mol. The molecule has 310 valence electrons. The van der Waals surface area contributed by atoms with E-state index in [4.69, 9.17) is 19.7 Å². The third-order valence-corrected chi connectivity index (χ3v) is 8.61. The van der Waals surface area contributed by atoms with Crippen molar-refractivity contribution in [3.8, 4) is 0 Å². The first kappa shape index (κ1) is 48.1. The first-order valence-corrected chi connectivity index (χ1v) is 18.4. The predicted octanol–water partition coefficient (Wildman–Crippen LogP) is -1.36. The number of hydrogen-bond acceptors (Lipinski definition) is 13. The van der Waals surface area contributed by atoms with Crippen LogP contribution in [0.25, 0.3) is 0 Å². The van der Waals surface area contributed by atoms with Gasteiger partial charge in [0, 0.05) is 84.9 Å². The van der Waals surface area contributed by atoms with Crippen molar-refractivity contribution in [3.63, 3.8) is 0 Å². The lowest BCUT2D eigenvalue weighted by atomic mass is 10.1. The highest BCUT2D eigenvalue weighted by Gasteiger charge is 2.21. The molecule has 1 aliphatic rings. The number of Topliss-reactive ketones (excluding diaryl/α,β-unsaturated/α-hetero) is 1. The van der Waals surface area contributed by atoms with E-state index < -0.39 is 54.8 Å². The number of aliphatic carboxylic acids is 4. The van der Waals surface area contributed by atoms with E-state index in [1.165, 1.54) is 0 Å². The Hall–Kier alpha value is -3.95. The molecule has 3 amide bonds. The molecule has 0 aliphatic carbocycles. The number of urea groups is 1. The van der Waals surface area contributed by atoms with E-state index in [0.717, 1.165) is 31.1 Å². The van der Waals surface area contributed by atoms with Crippen LogP contribution in [0.1, 0.15) is 44.9 Å². The number of unbranched alkanes of at least 4 members (excludes halogenated alkanes) is 2. The molecule has 0 aromatic heterocycles. The number of amides is 3. The Morgan fingerprint density at radius 1 is 0.667 bits per heavy atom. The first-order chi connectivity index (χ1) is 25.7. The molecule has 0 aromatic rings. The molecule has 0 spiro atoms. The second kappa shape index (κ2) is 28.5. The van der Waals surface area contributed by atoms with Crippen LogP contribution in [0, 0.1) is 0 Å². The SMILES string of the molecule is CN1CCN(C)CCN(CC(=O)CCCOCCOCC(=O)N(CCCCCNC(=O)N[C@@H](CCC(=O)O)C(=O)O)CC(=O)O)CCN(CC(=O)O)CC1. The summed E-state index contributed by atoms with van der Waals surface area (Å²) in [5.74, 6) is -5.02. The van der Waals surface area contributed by atoms with Gasteiger partial charge in [0.25, 0.3) is 0 Å². The summed E-state index contributed by atoms with van der Waals surface area (Å²) in [7, 11) is 4.08. The Kier molecular flexibility index (Phi) is 25.4. The van der Waals surface area contributed by atoms with Gasteiger partial charge in [0.1, 0.15) is 25.0 Å². The normalized spacial score (nSPS) is 16.0. The molecule has 6 N–H and O–H groups in total. The van der Waals surface area contributed by atoms with Gasteiger partial charge in [-0.15, -0.1) is 0 Å². The van der Waals surface area contributed by atoms with E-state index in [1.807, 2.05) is 19.0 Å². The van der Waals surface area contributed by atoms with Gasteiger partial charge in [-0.05, 0) is 46.2 Å². The third kappa shape index (κ3) is 25.1. The first-order valence-electron chi connectivity index (χ1n) is 18.4. The predicted molar refractivity (Wildman–Crippen MR) is 194 cm³/mol. The minimum atomic E-state index is -1.35. The van der Waals surface area contributed by atoms with Gasteiger partial charge in [0.05, 0.1) is 26.3 Å². The van der Waals surface area contributed by atoms with Crippen LogP contribution in [-0.2, 0) is 38.2 Å². The summed E-state index contributed by atoms with van der Waals surface area (Å²) in [6, 6.07) is -2.10. The van der Waals surface area contributed by atoms with Crippen LogP contribution in [0.15, 0.2) is 0 Å². The number of carbonyl (C=O) groups is 7. The number of ether oxygens (including phenoxy) is 2. The maximum Gasteiger partial charge on any atom is 0.326 e. The van der Waals surface area contributed by atoms with Crippen molar-refractivity contribution in [3.05, 3.63) is 0 Å². The fourth-order valence-electron chi connectivity index (χ4n) is 5.37. The fourth-order valence-corrected chi connectivity index (χ4v) is 5.37. The summed E-state index contributed by atoms with van der Waals surface area (Å²) in [4.78, 5) is 91.4. The highest BCUT2D eigenvalue weighted by molar-refractivity contribution is 5.83. The molecule has 20 heteroatoms. The van der Waals surface area contributed by atoms with Crippen LogP contribution in [0.4, 0.5) is 4.79 Å². The van der Waals surface area contributed by atoms with Crippen molar-refractivity contribution in [1.82, 2.24) is 35.1 Å². The van der Waals surface area contributed by atoms with Gasteiger partial charge in [-0.25, -0.2) is 9.59 Å². The van der Waals surface area contributed by atoms with Gasteiger partial charge >= 0.3 is 29.9 Å². The molecular formula is C34H61N7O13. The third-order valence-electron chi connectivity index (χ3n) is 8.61. The van der Waals surface area contributed by atoms with Crippen molar-refractivity contribution in [1.29, 1.82) is 0 Å². The molecule has 0 unspecified atom stereocenters. The lowest BCUT2D eigenvalue weighted by Crippen LogP contribution is -2.46. The number of hydrogen-bond donors (Lipinski definition) is 6. The number of carboxylic acid groups (broad SMARTS) is 4. The summed E-state index contributed by atoms with van der Waals surface area (Å²) >= 11 is 0. The molecule has 0 aromatic carbocycles. The van der Waals surface area contributed by atoms with Gasteiger partial charge < -0.3 is 55.2 Å². The largest absolute Gasteiger partial charge is 0.481 e. The average Bonchev–Trinajstić information content (AvgIpc) is 3.09. The average molecular weight is 776 g/mol. The van der Waals surface area contributed by atoms with Crippen molar-refractivity contribution in [2.24, 2.45) is 0 Å². The van der Waals surface area contributed by atoms with Crippen molar-refractivity contribution >= 4 is 41.6 Å². The van der Waals surface area contributed by atoms with Crippen molar-refractivity contribution in [2.75, 3.05) is 126 Å². The number of nitrogens with zero attached hydrogens (tertiary/aromatic N) is 5. The van der Waals surface area contributed by atoms with E-state index in [2.05, 4.69) is 25.3 Å². The second-order valence-electron chi connectivity index (χ2n) is 13.4. The van der Waals surface area contributed by atoms with Gasteiger partial charge in [0.2, 0.25) is 5.91 Å². The van der Waals surface area contributed by atoms with E-state index in [1.54, 1.807) is 0 Å². The zero-order valence-corrected chi connectivity index (χ0v) is 31.7. The Balaban J connectivity index is 2.31. The lowest BCUT2D eigenvalue weighted by molar-refractivity contribution is -0.146. The zero-order valence-electron chi connectivity index (χ0n) is 31.7. The van der Waals surface area contributed by atoms with Crippen molar-refractivity contribution < 1.29 is 63.5 Å². The van der Waals surface area contributed by atoms with Crippen LogP contribution >= 0.6 is 0 Å². The fraction of sp³-hybridized carbons (Fsp3) is 0.794. The second-order valence-corrected chi connectivity index (χ2v) is 13.4. The number of carbonyl (C=O) groups excluding carboxylic acids is 3. The van der Waals surface area contributed by atoms with Crippen LogP contribution in [0.2, 0.25) is 0 Å². The number of likely N-dealkylation sites (N-methyl/N-ethyl adjacent to an activating group) is 2. The Morgan fingerprint density at radius 2 is 1.26 bits per heavy atom. The van der Waals surface area contributed by atoms with Gasteiger partial charge in [-0.1, -0.05) is 0 Å². The smallest absolute Gasteiger partial charge is 0.326 e. The quantitative estimate of drug-likeness (QED) is 0.0554. The summed E-state index contributed by atoms with van der Waals surface area (Å²) in [5, 5.41) is 41.1. The molecular weight excluding hydrogens is 714 g/mol. The van der Waals surface area contributed by atoms with E-state index >= 15 is 0 Å². The Bertz CT molecular complexity index is 1180. The minimum absolute atomic E-state index is 0.0452. The van der Waals surface area contributed by atoms with E-state index in [9.17, 15) is 43.8 Å². The summed E-state index contributed by atoms with van der Waals surface area (Å²) in [6.07, 6.45) is 1.59. The molecule has 0 bridgehead atoms. The van der Waals surface area contributed by atoms with Crippen LogP contribution < -0.4 is 10.6 Å². The molecule has 54 heavy (non-hydrogen) atoms. The summed E-state index contributed by atoms with van der Waals surface area (Å²) in [6.45, 7) is 6.07. The zero-order chi connectivity index (χ0) is 40.3. The summed E-state index contributed by atoms with van der Waals surface area (Å²) in [5.41, 5.74) is 0. The molecule has 1 saturated heterocycles. The van der Waals surface area contributed by atoms with Gasteiger partial charge in [0.15, 0.2) is 0 Å². The van der Waals surface area contributed by atoms with E-state index in [-0.39, 0.29) is 58.2 Å². The molecule has 1 fully saturated rings. The van der Waals surface area contributed by atoms with Crippen LogP contribution in [0.5, 0.6) is 0 Å². The highest BCUT2D eigenvalue weighted by atomic mass is 16.5. The number of rotatable bonds is 26. The van der Waals surface area contributed by atoms with Gasteiger partial charge in [-0.3, -0.25) is 33.8 Å². The minimum Gasteiger partial charge on any atom is -0.481 e.